The summed E-state index contributed by atoms with van der Waals surface area (Å²) >= 11 is 2.61. The van der Waals surface area contributed by atoms with Gasteiger partial charge in [0.25, 0.3) is 0 Å². The number of fused-ring (bicyclic) bond motifs is 1. The lowest BCUT2D eigenvalue weighted by Gasteiger charge is -2.38. The molecule has 0 saturated heterocycles. The fraction of sp³-hybridized carbons (Fsp3) is 0.321. The summed E-state index contributed by atoms with van der Waals surface area (Å²) in [5.41, 5.74) is 4.72. The van der Waals surface area contributed by atoms with Gasteiger partial charge in [0.1, 0.15) is 11.5 Å². The lowest BCUT2D eigenvalue weighted by atomic mass is 9.69. The topological polar surface area (TPSA) is 35.5 Å². The van der Waals surface area contributed by atoms with E-state index in [2.05, 4.69) is 83.3 Å². The van der Waals surface area contributed by atoms with Crippen molar-refractivity contribution in [2.45, 2.75) is 43.0 Å². The molecule has 4 rings (SSSR count). The molecule has 0 N–H and O–H groups in total. The Morgan fingerprint density at radius 1 is 0.906 bits per heavy atom. The van der Waals surface area contributed by atoms with Crippen LogP contribution in [0.3, 0.4) is 0 Å². The van der Waals surface area contributed by atoms with Gasteiger partial charge in [-0.25, -0.2) is 0 Å². The molecule has 0 heterocycles. The maximum atomic E-state index is 12.3. The molecule has 1 unspecified atom stereocenters. The number of ether oxygens (including phenoxy) is 2. The third-order valence-corrected chi connectivity index (χ3v) is 7.31. The molecule has 3 nitrogen and oxygen atoms in total. The first-order chi connectivity index (χ1) is 15.3. The van der Waals surface area contributed by atoms with Crippen molar-refractivity contribution in [3.63, 3.8) is 0 Å². The van der Waals surface area contributed by atoms with Gasteiger partial charge in [-0.2, -0.15) is 0 Å². The molecule has 0 aromatic heterocycles. The second kappa shape index (κ2) is 9.26. The minimum atomic E-state index is -0.535. The largest absolute Gasteiger partial charge is 0.497 e. The molecule has 1 aliphatic carbocycles. The van der Waals surface area contributed by atoms with Gasteiger partial charge in [-0.3, -0.25) is 4.79 Å². The Morgan fingerprint density at radius 3 is 2.19 bits per heavy atom. The van der Waals surface area contributed by atoms with E-state index in [1.54, 1.807) is 7.11 Å². The lowest BCUT2D eigenvalue weighted by molar-refractivity contribution is -0.142. The molecule has 4 heteroatoms. The van der Waals surface area contributed by atoms with Crippen LogP contribution in [0.5, 0.6) is 11.5 Å². The van der Waals surface area contributed by atoms with Crippen LogP contribution in [0.1, 0.15) is 54.9 Å². The molecule has 1 aliphatic rings. The molecule has 3 aromatic rings. The van der Waals surface area contributed by atoms with Crippen molar-refractivity contribution < 1.29 is 14.3 Å². The van der Waals surface area contributed by atoms with E-state index in [1.807, 2.05) is 32.9 Å². The third kappa shape index (κ3) is 4.70. The zero-order valence-electron chi connectivity index (χ0n) is 19.0. The van der Waals surface area contributed by atoms with Crippen LogP contribution < -0.4 is 9.47 Å². The Hall–Kier alpha value is -2.34. The minimum absolute atomic E-state index is 0.210. The molecule has 0 amide bonds. The number of alkyl halides is 1. The Bertz CT molecular complexity index is 1080. The van der Waals surface area contributed by atoms with Crippen LogP contribution in [-0.2, 0) is 11.2 Å². The predicted molar refractivity (Wildman–Crippen MR) is 137 cm³/mol. The number of halogens is 1. The second-order valence-electron chi connectivity index (χ2n) is 9.41. The van der Waals surface area contributed by atoms with Crippen molar-refractivity contribution in [2.75, 3.05) is 7.11 Å². The second-order valence-corrected chi connectivity index (χ2v) is 11.0. The number of hydrogen-bond donors (Lipinski definition) is 0. The van der Waals surface area contributed by atoms with Crippen molar-refractivity contribution in [1.82, 2.24) is 0 Å². The van der Waals surface area contributed by atoms with Crippen molar-refractivity contribution in [1.29, 1.82) is 0 Å². The molecule has 0 saturated carbocycles. The molecule has 0 spiro atoms. The molecule has 0 fully saturated rings. The Morgan fingerprint density at radius 2 is 1.56 bits per heavy atom. The van der Waals surface area contributed by atoms with Gasteiger partial charge in [0, 0.05) is 15.8 Å². The normalized spacial score (nSPS) is 20.3. The van der Waals surface area contributed by atoms with E-state index in [-0.39, 0.29) is 11.9 Å². The minimum Gasteiger partial charge on any atom is -0.497 e. The number of hydrogen-bond acceptors (Lipinski definition) is 3. The van der Waals surface area contributed by atoms with Gasteiger partial charge in [0.15, 0.2) is 0 Å². The molecule has 3 aromatic carbocycles. The van der Waals surface area contributed by atoms with E-state index < -0.39 is 5.41 Å². The summed E-state index contributed by atoms with van der Waals surface area (Å²) in [5.74, 6) is 1.81. The Kier molecular flexibility index (Phi) is 6.61. The van der Waals surface area contributed by atoms with E-state index in [4.69, 9.17) is 9.47 Å². The Labute approximate surface area is 204 Å². The third-order valence-electron chi connectivity index (χ3n) is 6.10. The first-order valence-corrected chi connectivity index (χ1v) is 12.2. The molecular weight excluding hydrogens is 511 g/mol. The van der Waals surface area contributed by atoms with E-state index >= 15 is 0 Å². The van der Waals surface area contributed by atoms with Crippen molar-refractivity contribution in [3.8, 4) is 11.5 Å². The van der Waals surface area contributed by atoms with E-state index in [0.29, 0.717) is 15.6 Å². The van der Waals surface area contributed by atoms with Crippen molar-refractivity contribution in [3.05, 3.63) is 95.1 Å². The van der Waals surface area contributed by atoms with E-state index in [1.165, 1.54) is 22.3 Å². The van der Waals surface area contributed by atoms with Crippen LogP contribution in [0.4, 0.5) is 0 Å². The zero-order valence-corrected chi connectivity index (χ0v) is 21.1. The molecule has 0 aliphatic heterocycles. The van der Waals surface area contributed by atoms with Gasteiger partial charge in [0.2, 0.25) is 0 Å². The van der Waals surface area contributed by atoms with Gasteiger partial charge in [-0.05, 0) is 73.7 Å². The first-order valence-electron chi connectivity index (χ1n) is 11.0. The highest BCUT2D eigenvalue weighted by Crippen LogP contribution is 2.49. The summed E-state index contributed by atoms with van der Waals surface area (Å²) in [5, 5.41) is 0. The highest BCUT2D eigenvalue weighted by molar-refractivity contribution is 14.1. The summed E-state index contributed by atoms with van der Waals surface area (Å²) in [4.78, 5) is 12.3. The summed E-state index contributed by atoms with van der Waals surface area (Å²) in [6, 6.07) is 25.3. The summed E-state index contributed by atoms with van der Waals surface area (Å²) in [6.07, 6.45) is 1.00. The van der Waals surface area contributed by atoms with Crippen molar-refractivity contribution in [2.24, 2.45) is 5.41 Å². The molecule has 0 bridgehead atoms. The van der Waals surface area contributed by atoms with Gasteiger partial charge >= 0.3 is 5.97 Å². The number of rotatable bonds is 4. The van der Waals surface area contributed by atoms with Gasteiger partial charge in [-0.15, -0.1) is 0 Å². The van der Waals surface area contributed by atoms with Crippen LogP contribution >= 0.6 is 22.6 Å². The Balaban J connectivity index is 1.75. The summed E-state index contributed by atoms with van der Waals surface area (Å²) in [7, 11) is 1.72. The highest BCUT2D eigenvalue weighted by Gasteiger charge is 2.37. The molecular formula is C28H29IO3. The van der Waals surface area contributed by atoms with Crippen molar-refractivity contribution >= 4 is 28.6 Å². The van der Waals surface area contributed by atoms with E-state index in [0.717, 1.165) is 12.2 Å². The number of benzene rings is 3. The van der Waals surface area contributed by atoms with Crippen LogP contribution in [0.15, 0.2) is 72.8 Å². The van der Waals surface area contributed by atoms with Gasteiger partial charge in [-0.1, -0.05) is 71.1 Å². The smallest absolute Gasteiger partial charge is 0.316 e. The molecule has 0 radical (unpaired) electrons. The average Bonchev–Trinajstić information content (AvgIpc) is 2.78. The van der Waals surface area contributed by atoms with Crippen LogP contribution in [0, 0.1) is 5.41 Å². The number of carbonyl (C=O) groups excluding carboxylic acids is 1. The quantitative estimate of drug-likeness (QED) is 0.156. The fourth-order valence-electron chi connectivity index (χ4n) is 4.40. The number of esters is 1. The van der Waals surface area contributed by atoms with Gasteiger partial charge < -0.3 is 9.47 Å². The van der Waals surface area contributed by atoms with E-state index in [9.17, 15) is 4.79 Å². The average molecular weight is 540 g/mol. The maximum absolute atomic E-state index is 12.3. The number of methoxy groups -OCH3 is 1. The van der Waals surface area contributed by atoms with Crippen LogP contribution in [0.2, 0.25) is 0 Å². The first kappa shape index (κ1) is 22.8. The van der Waals surface area contributed by atoms with Crippen LogP contribution in [0.25, 0.3) is 0 Å². The highest BCUT2D eigenvalue weighted by atomic mass is 127. The zero-order chi connectivity index (χ0) is 22.9. The maximum Gasteiger partial charge on any atom is 0.316 e. The monoisotopic (exact) mass is 540 g/mol. The van der Waals surface area contributed by atoms with Crippen LogP contribution in [-0.4, -0.2) is 17.0 Å². The summed E-state index contributed by atoms with van der Waals surface area (Å²) in [6.45, 7) is 5.59. The molecule has 32 heavy (non-hydrogen) atoms. The fourth-order valence-corrected chi connectivity index (χ4v) is 5.70. The van der Waals surface area contributed by atoms with Gasteiger partial charge in [0.05, 0.1) is 12.5 Å². The molecule has 3 atom stereocenters. The molecule has 166 valence electrons. The predicted octanol–water partition coefficient (Wildman–Crippen LogP) is 6.92. The SMILES string of the molecule is COc1ccc2c(c1)C[C@H](I)[C@@H](c1ccccc1)C2c1ccc(OC(=O)C(C)(C)C)cc1. The standard InChI is InChI=1S/C28H29IO3/c1-28(2,3)27(30)32-21-12-10-19(11-13-21)25-23-15-14-22(31-4)16-20(23)17-24(29)26(25)18-8-6-5-7-9-18/h5-16,24-26H,17H2,1-4H3/t24-,25?,26+/m0/s1. The lowest BCUT2D eigenvalue weighted by Crippen LogP contribution is -2.29. The summed E-state index contributed by atoms with van der Waals surface area (Å²) < 4.78 is 11.5. The number of carbonyl (C=O) groups is 1.